The summed E-state index contributed by atoms with van der Waals surface area (Å²) in [7, 11) is 1.64. The SMILES string of the molecule is CC(c1cccs1)N(C)C(=O)c1ccnc(N)c1F. The van der Waals surface area contributed by atoms with E-state index in [0.29, 0.717) is 0 Å². The van der Waals surface area contributed by atoms with E-state index >= 15 is 0 Å². The first-order valence-corrected chi connectivity index (χ1v) is 6.61. The highest BCUT2D eigenvalue weighted by atomic mass is 32.1. The van der Waals surface area contributed by atoms with Gasteiger partial charge in [0.2, 0.25) is 0 Å². The van der Waals surface area contributed by atoms with Crippen LogP contribution in [0, 0.1) is 5.82 Å². The zero-order valence-electron chi connectivity index (χ0n) is 10.6. The highest BCUT2D eigenvalue weighted by molar-refractivity contribution is 7.10. The van der Waals surface area contributed by atoms with Gasteiger partial charge in [-0.1, -0.05) is 6.07 Å². The Morgan fingerprint density at radius 3 is 2.89 bits per heavy atom. The van der Waals surface area contributed by atoms with E-state index in [1.807, 2.05) is 24.4 Å². The number of hydrogen-bond acceptors (Lipinski definition) is 4. The van der Waals surface area contributed by atoms with Crippen molar-refractivity contribution in [1.82, 2.24) is 9.88 Å². The Kier molecular flexibility index (Phi) is 3.80. The lowest BCUT2D eigenvalue weighted by Gasteiger charge is -2.24. The number of aromatic nitrogens is 1. The molecule has 0 aliphatic carbocycles. The van der Waals surface area contributed by atoms with Crippen molar-refractivity contribution in [3.8, 4) is 0 Å². The molecule has 1 amide bonds. The Morgan fingerprint density at radius 2 is 2.26 bits per heavy atom. The lowest BCUT2D eigenvalue weighted by molar-refractivity contribution is 0.0740. The Hall–Kier alpha value is -1.95. The van der Waals surface area contributed by atoms with Gasteiger partial charge in [0.1, 0.15) is 0 Å². The van der Waals surface area contributed by atoms with Gasteiger partial charge in [-0.2, -0.15) is 0 Å². The van der Waals surface area contributed by atoms with E-state index in [9.17, 15) is 9.18 Å². The molecule has 0 radical (unpaired) electrons. The van der Waals surface area contributed by atoms with Crippen LogP contribution in [-0.2, 0) is 0 Å². The number of nitrogens with two attached hydrogens (primary N) is 1. The Labute approximate surface area is 114 Å². The third kappa shape index (κ3) is 2.58. The van der Waals surface area contributed by atoms with E-state index in [-0.39, 0.29) is 17.4 Å². The zero-order chi connectivity index (χ0) is 14.0. The maximum Gasteiger partial charge on any atom is 0.257 e. The highest BCUT2D eigenvalue weighted by Crippen LogP contribution is 2.25. The number of hydrogen-bond donors (Lipinski definition) is 1. The summed E-state index contributed by atoms with van der Waals surface area (Å²) in [6.07, 6.45) is 1.33. The van der Waals surface area contributed by atoms with Gasteiger partial charge in [0.05, 0.1) is 11.6 Å². The Balaban J connectivity index is 2.26. The number of rotatable bonds is 3. The fourth-order valence-electron chi connectivity index (χ4n) is 1.71. The Morgan fingerprint density at radius 1 is 1.53 bits per heavy atom. The second-order valence-corrected chi connectivity index (χ2v) is 5.14. The molecule has 0 aromatic carbocycles. The fourth-order valence-corrected chi connectivity index (χ4v) is 2.54. The zero-order valence-corrected chi connectivity index (χ0v) is 11.4. The van der Waals surface area contributed by atoms with Crippen LogP contribution in [0.2, 0.25) is 0 Å². The first-order valence-electron chi connectivity index (χ1n) is 5.73. The van der Waals surface area contributed by atoms with Gasteiger partial charge in [0.25, 0.3) is 5.91 Å². The molecule has 0 saturated heterocycles. The molecule has 19 heavy (non-hydrogen) atoms. The maximum atomic E-state index is 13.8. The van der Waals surface area contributed by atoms with Crippen molar-refractivity contribution in [2.75, 3.05) is 12.8 Å². The first-order chi connectivity index (χ1) is 9.02. The summed E-state index contributed by atoms with van der Waals surface area (Å²) in [4.78, 5) is 18.4. The summed E-state index contributed by atoms with van der Waals surface area (Å²) < 4.78 is 13.8. The van der Waals surface area contributed by atoms with E-state index in [4.69, 9.17) is 5.73 Å². The molecule has 0 aliphatic heterocycles. The smallest absolute Gasteiger partial charge is 0.257 e. The van der Waals surface area contributed by atoms with Crippen molar-refractivity contribution in [1.29, 1.82) is 0 Å². The lowest BCUT2D eigenvalue weighted by Crippen LogP contribution is -2.30. The molecular formula is C13H14FN3OS. The predicted molar refractivity (Wildman–Crippen MR) is 73.4 cm³/mol. The predicted octanol–water partition coefficient (Wildman–Crippen LogP) is 2.70. The van der Waals surface area contributed by atoms with Gasteiger partial charge in [-0.25, -0.2) is 9.37 Å². The molecule has 0 spiro atoms. The summed E-state index contributed by atoms with van der Waals surface area (Å²) >= 11 is 1.55. The molecule has 0 fully saturated rings. The molecule has 1 unspecified atom stereocenters. The number of halogens is 1. The van der Waals surface area contributed by atoms with E-state index < -0.39 is 11.7 Å². The molecule has 2 aromatic rings. The minimum absolute atomic E-state index is 0.0570. The monoisotopic (exact) mass is 279 g/mol. The molecule has 100 valence electrons. The van der Waals surface area contributed by atoms with Crippen LogP contribution < -0.4 is 5.73 Å². The second kappa shape index (κ2) is 5.36. The van der Waals surface area contributed by atoms with Crippen LogP contribution >= 0.6 is 11.3 Å². The van der Waals surface area contributed by atoms with Gasteiger partial charge in [0, 0.05) is 18.1 Å². The second-order valence-electron chi connectivity index (χ2n) is 4.17. The lowest BCUT2D eigenvalue weighted by atomic mass is 10.1. The summed E-state index contributed by atoms with van der Waals surface area (Å²) in [6.45, 7) is 1.90. The topological polar surface area (TPSA) is 59.2 Å². The van der Waals surface area contributed by atoms with Crippen LogP contribution in [0.5, 0.6) is 0 Å². The molecule has 2 rings (SSSR count). The van der Waals surface area contributed by atoms with Crippen LogP contribution in [0.4, 0.5) is 10.2 Å². The Bertz CT molecular complexity index is 586. The van der Waals surface area contributed by atoms with Crippen LogP contribution in [0.25, 0.3) is 0 Å². The molecular weight excluding hydrogens is 265 g/mol. The fraction of sp³-hybridized carbons (Fsp3) is 0.231. The number of nitrogen functional groups attached to an aromatic ring is 1. The van der Waals surface area contributed by atoms with Crippen molar-refractivity contribution < 1.29 is 9.18 Å². The summed E-state index contributed by atoms with van der Waals surface area (Å²) in [6, 6.07) is 5.07. The third-order valence-electron chi connectivity index (χ3n) is 3.00. The number of carbonyl (C=O) groups is 1. The van der Waals surface area contributed by atoms with Crippen molar-refractivity contribution in [3.63, 3.8) is 0 Å². The largest absolute Gasteiger partial charge is 0.381 e. The maximum absolute atomic E-state index is 13.8. The van der Waals surface area contributed by atoms with E-state index in [1.165, 1.54) is 17.2 Å². The molecule has 2 heterocycles. The van der Waals surface area contributed by atoms with Crippen LogP contribution in [0.1, 0.15) is 28.2 Å². The van der Waals surface area contributed by atoms with Crippen molar-refractivity contribution in [2.45, 2.75) is 13.0 Å². The van der Waals surface area contributed by atoms with E-state index in [1.54, 1.807) is 18.4 Å². The van der Waals surface area contributed by atoms with E-state index in [0.717, 1.165) is 4.88 Å². The number of pyridine rings is 1. The summed E-state index contributed by atoms with van der Waals surface area (Å²) in [5.41, 5.74) is 5.32. The number of carbonyl (C=O) groups excluding carboxylic acids is 1. The molecule has 6 heteroatoms. The van der Waals surface area contributed by atoms with Crippen molar-refractivity contribution >= 4 is 23.1 Å². The van der Waals surface area contributed by atoms with Gasteiger partial charge in [-0.05, 0) is 24.4 Å². The summed E-state index contributed by atoms with van der Waals surface area (Å²) in [5, 5.41) is 1.94. The van der Waals surface area contributed by atoms with Crippen molar-refractivity contribution in [2.24, 2.45) is 0 Å². The standard InChI is InChI=1S/C13H14FN3OS/c1-8(10-4-3-7-19-10)17(2)13(18)9-5-6-16-12(15)11(9)14/h3-8H,1-2H3,(H2,15,16). The van der Waals surface area contributed by atoms with Crippen LogP contribution in [0.15, 0.2) is 29.8 Å². The molecule has 2 N–H and O–H groups in total. The number of amides is 1. The first kappa shape index (κ1) is 13.5. The van der Waals surface area contributed by atoms with Crippen LogP contribution in [-0.4, -0.2) is 22.8 Å². The van der Waals surface area contributed by atoms with Crippen molar-refractivity contribution in [3.05, 3.63) is 46.0 Å². The molecule has 0 aliphatic rings. The summed E-state index contributed by atoms with van der Waals surface area (Å²) in [5.74, 6) is -1.44. The van der Waals surface area contributed by atoms with Gasteiger partial charge >= 0.3 is 0 Å². The normalized spacial score (nSPS) is 12.2. The quantitative estimate of drug-likeness (QED) is 0.939. The molecule has 0 saturated carbocycles. The van der Waals surface area contributed by atoms with Gasteiger partial charge in [-0.15, -0.1) is 11.3 Å². The highest BCUT2D eigenvalue weighted by Gasteiger charge is 2.23. The molecule has 2 aromatic heterocycles. The third-order valence-corrected chi connectivity index (χ3v) is 4.05. The minimum atomic E-state index is -0.766. The number of anilines is 1. The molecule has 1 atom stereocenters. The minimum Gasteiger partial charge on any atom is -0.381 e. The number of nitrogens with zero attached hydrogens (tertiary/aromatic N) is 2. The van der Waals surface area contributed by atoms with Gasteiger partial charge in [-0.3, -0.25) is 4.79 Å². The average Bonchev–Trinajstić information content (AvgIpc) is 2.93. The van der Waals surface area contributed by atoms with E-state index in [2.05, 4.69) is 4.98 Å². The van der Waals surface area contributed by atoms with Crippen LogP contribution in [0.3, 0.4) is 0 Å². The average molecular weight is 279 g/mol. The van der Waals surface area contributed by atoms with Gasteiger partial charge < -0.3 is 10.6 Å². The molecule has 0 bridgehead atoms. The number of thiophene rings is 1. The van der Waals surface area contributed by atoms with Gasteiger partial charge in [0.15, 0.2) is 11.6 Å². The molecule has 4 nitrogen and oxygen atoms in total.